The third-order valence-corrected chi connectivity index (χ3v) is 4.48. The Morgan fingerprint density at radius 2 is 1.80 bits per heavy atom. The summed E-state index contributed by atoms with van der Waals surface area (Å²) in [5.74, 6) is 2.28. The van der Waals surface area contributed by atoms with Gasteiger partial charge >= 0.3 is 0 Å². The van der Waals surface area contributed by atoms with E-state index < -0.39 is 0 Å². The Hall–Kier alpha value is -1.42. The molecule has 0 amide bonds. The van der Waals surface area contributed by atoms with Crippen molar-refractivity contribution in [3.05, 3.63) is 40.0 Å². The van der Waals surface area contributed by atoms with Crippen LogP contribution in [0.4, 0.5) is 5.82 Å². The molecule has 20 heavy (non-hydrogen) atoms. The van der Waals surface area contributed by atoms with E-state index >= 15 is 0 Å². The van der Waals surface area contributed by atoms with Crippen LogP contribution >= 0.6 is 15.9 Å². The second-order valence-corrected chi connectivity index (χ2v) is 6.48. The summed E-state index contributed by atoms with van der Waals surface area (Å²) in [6.45, 7) is 4.21. The van der Waals surface area contributed by atoms with E-state index in [9.17, 15) is 0 Å². The number of hydrogen-bond acceptors (Lipinski definition) is 3. The number of aromatic nitrogens is 2. The Morgan fingerprint density at radius 1 is 1.15 bits per heavy atom. The van der Waals surface area contributed by atoms with Gasteiger partial charge in [-0.15, -0.1) is 0 Å². The van der Waals surface area contributed by atoms with E-state index in [1.807, 2.05) is 0 Å². The summed E-state index contributed by atoms with van der Waals surface area (Å²) in [4.78, 5) is 9.05. The third kappa shape index (κ3) is 2.57. The molecular formula is C16H18BrN3. The molecule has 0 aliphatic heterocycles. The standard InChI is InChI=1S/C16H18BrN3/c1-9(2)14-13(17)15(18)20-16(19-14)12-7-5-11(6-8-12)10-3-4-10/h5-10H,3-4H2,1-2H3,(H2,18,19,20). The van der Waals surface area contributed by atoms with Crippen LogP contribution in [0.3, 0.4) is 0 Å². The number of nitrogens with two attached hydrogens (primary N) is 1. The minimum absolute atomic E-state index is 0.305. The molecule has 3 rings (SSSR count). The highest BCUT2D eigenvalue weighted by molar-refractivity contribution is 9.10. The van der Waals surface area contributed by atoms with Gasteiger partial charge in [-0.2, -0.15) is 0 Å². The van der Waals surface area contributed by atoms with Crippen LogP contribution in [0.2, 0.25) is 0 Å². The molecular weight excluding hydrogens is 314 g/mol. The van der Waals surface area contributed by atoms with Gasteiger partial charge in [0.05, 0.1) is 10.2 Å². The monoisotopic (exact) mass is 331 g/mol. The lowest BCUT2D eigenvalue weighted by Gasteiger charge is -2.11. The van der Waals surface area contributed by atoms with E-state index in [4.69, 9.17) is 5.73 Å². The van der Waals surface area contributed by atoms with Crippen molar-refractivity contribution in [3.63, 3.8) is 0 Å². The van der Waals surface area contributed by atoms with Gasteiger partial charge in [-0.25, -0.2) is 9.97 Å². The molecule has 1 saturated carbocycles. The van der Waals surface area contributed by atoms with Crippen LogP contribution in [0, 0.1) is 0 Å². The van der Waals surface area contributed by atoms with E-state index in [-0.39, 0.29) is 0 Å². The van der Waals surface area contributed by atoms with Gasteiger partial charge in [0.15, 0.2) is 5.82 Å². The number of anilines is 1. The number of benzene rings is 1. The molecule has 0 radical (unpaired) electrons. The summed E-state index contributed by atoms with van der Waals surface area (Å²) in [5.41, 5.74) is 9.39. The van der Waals surface area contributed by atoms with Gasteiger partial charge in [-0.3, -0.25) is 0 Å². The first-order valence-corrected chi connectivity index (χ1v) is 7.78. The van der Waals surface area contributed by atoms with E-state index in [0.29, 0.717) is 17.6 Å². The SMILES string of the molecule is CC(C)c1nc(-c2ccc(C3CC3)cc2)nc(N)c1Br. The predicted molar refractivity (Wildman–Crippen MR) is 85.6 cm³/mol. The highest BCUT2D eigenvalue weighted by atomic mass is 79.9. The summed E-state index contributed by atoms with van der Waals surface area (Å²) in [7, 11) is 0. The van der Waals surface area contributed by atoms with Crippen molar-refractivity contribution < 1.29 is 0 Å². The molecule has 3 nitrogen and oxygen atoms in total. The summed E-state index contributed by atoms with van der Waals surface area (Å²) < 4.78 is 0.811. The van der Waals surface area contributed by atoms with Gasteiger partial charge in [0.25, 0.3) is 0 Å². The maximum Gasteiger partial charge on any atom is 0.161 e. The van der Waals surface area contributed by atoms with E-state index in [2.05, 4.69) is 64.0 Å². The van der Waals surface area contributed by atoms with Gasteiger partial charge in [0.2, 0.25) is 0 Å². The molecule has 0 atom stereocenters. The number of nitrogens with zero attached hydrogens (tertiary/aromatic N) is 2. The normalized spacial score (nSPS) is 14.8. The smallest absolute Gasteiger partial charge is 0.161 e. The Labute approximate surface area is 127 Å². The zero-order chi connectivity index (χ0) is 14.3. The van der Waals surface area contributed by atoms with Gasteiger partial charge < -0.3 is 5.73 Å². The fraction of sp³-hybridized carbons (Fsp3) is 0.375. The molecule has 0 unspecified atom stereocenters. The average Bonchev–Trinajstić information content (AvgIpc) is 3.26. The van der Waals surface area contributed by atoms with Crippen LogP contribution in [0.1, 0.15) is 49.8 Å². The lowest BCUT2D eigenvalue weighted by molar-refractivity contribution is 0.811. The maximum absolute atomic E-state index is 5.99. The molecule has 104 valence electrons. The molecule has 1 aromatic carbocycles. The minimum Gasteiger partial charge on any atom is -0.383 e. The van der Waals surface area contributed by atoms with Crippen LogP contribution in [-0.2, 0) is 0 Å². The zero-order valence-electron chi connectivity index (χ0n) is 11.7. The molecule has 1 heterocycles. The van der Waals surface area contributed by atoms with Crippen LogP contribution < -0.4 is 5.73 Å². The molecule has 2 N–H and O–H groups in total. The first-order valence-electron chi connectivity index (χ1n) is 6.99. The van der Waals surface area contributed by atoms with Crippen molar-refractivity contribution in [2.75, 3.05) is 5.73 Å². The van der Waals surface area contributed by atoms with E-state index in [1.165, 1.54) is 18.4 Å². The molecule has 0 bridgehead atoms. The molecule has 0 spiro atoms. The fourth-order valence-corrected chi connectivity index (χ4v) is 2.95. The maximum atomic E-state index is 5.99. The lowest BCUT2D eigenvalue weighted by Crippen LogP contribution is -2.04. The number of hydrogen-bond donors (Lipinski definition) is 1. The second-order valence-electron chi connectivity index (χ2n) is 5.68. The first kappa shape index (κ1) is 13.6. The number of rotatable bonds is 3. The summed E-state index contributed by atoms with van der Waals surface area (Å²) >= 11 is 3.48. The summed E-state index contributed by atoms with van der Waals surface area (Å²) in [6.07, 6.45) is 2.64. The quantitative estimate of drug-likeness (QED) is 0.901. The van der Waals surface area contributed by atoms with Gasteiger partial charge in [0, 0.05) is 5.56 Å². The Bertz CT molecular complexity index is 631. The van der Waals surface area contributed by atoms with Crippen LogP contribution in [0.15, 0.2) is 28.7 Å². The van der Waals surface area contributed by atoms with Crippen LogP contribution in [0.25, 0.3) is 11.4 Å². The zero-order valence-corrected chi connectivity index (χ0v) is 13.3. The van der Waals surface area contributed by atoms with Gasteiger partial charge in [0.1, 0.15) is 5.82 Å². The van der Waals surface area contributed by atoms with E-state index in [0.717, 1.165) is 21.6 Å². The van der Waals surface area contributed by atoms with E-state index in [1.54, 1.807) is 0 Å². The molecule has 1 aliphatic rings. The predicted octanol–water partition coefficient (Wildman–Crippen LogP) is 4.49. The van der Waals surface area contributed by atoms with Crippen molar-refractivity contribution in [3.8, 4) is 11.4 Å². The Balaban J connectivity index is 2.00. The van der Waals surface area contributed by atoms with Crippen LogP contribution in [0.5, 0.6) is 0 Å². The highest BCUT2D eigenvalue weighted by Gasteiger charge is 2.23. The van der Waals surface area contributed by atoms with Crippen LogP contribution in [-0.4, -0.2) is 9.97 Å². The molecule has 0 saturated heterocycles. The highest BCUT2D eigenvalue weighted by Crippen LogP contribution is 2.40. The third-order valence-electron chi connectivity index (χ3n) is 3.67. The Kier molecular flexibility index (Phi) is 3.50. The molecule has 1 aliphatic carbocycles. The van der Waals surface area contributed by atoms with Crippen molar-refractivity contribution in [2.45, 2.75) is 38.5 Å². The lowest BCUT2D eigenvalue weighted by atomic mass is 10.1. The first-order chi connectivity index (χ1) is 9.56. The summed E-state index contributed by atoms with van der Waals surface area (Å²) in [5, 5.41) is 0. The fourth-order valence-electron chi connectivity index (χ4n) is 2.32. The summed E-state index contributed by atoms with van der Waals surface area (Å²) in [6, 6.07) is 8.56. The van der Waals surface area contributed by atoms with Crippen molar-refractivity contribution in [1.29, 1.82) is 0 Å². The molecule has 1 aromatic heterocycles. The molecule has 1 fully saturated rings. The molecule has 2 aromatic rings. The Morgan fingerprint density at radius 3 is 2.35 bits per heavy atom. The van der Waals surface area contributed by atoms with Crippen molar-refractivity contribution in [1.82, 2.24) is 9.97 Å². The minimum atomic E-state index is 0.305. The molecule has 4 heteroatoms. The average molecular weight is 332 g/mol. The topological polar surface area (TPSA) is 51.8 Å². The number of nitrogen functional groups attached to an aromatic ring is 1. The largest absolute Gasteiger partial charge is 0.383 e. The van der Waals surface area contributed by atoms with Gasteiger partial charge in [-0.1, -0.05) is 38.1 Å². The van der Waals surface area contributed by atoms with Crippen molar-refractivity contribution in [2.24, 2.45) is 0 Å². The van der Waals surface area contributed by atoms with Gasteiger partial charge in [-0.05, 0) is 46.2 Å². The number of halogens is 1. The second kappa shape index (κ2) is 5.17. The van der Waals surface area contributed by atoms with Crippen molar-refractivity contribution >= 4 is 21.7 Å².